The zero-order valence-electron chi connectivity index (χ0n) is 7.38. The van der Waals surface area contributed by atoms with E-state index in [1.807, 2.05) is 0 Å². The molecule has 0 aromatic rings. The van der Waals surface area contributed by atoms with Crippen molar-refractivity contribution >= 4 is 0 Å². The molecule has 1 unspecified atom stereocenters. The molecule has 76 valence electrons. The molecule has 5 heteroatoms. The summed E-state index contributed by atoms with van der Waals surface area (Å²) in [7, 11) is 0. The maximum absolute atomic E-state index is 12.3. The van der Waals surface area contributed by atoms with E-state index in [-0.39, 0.29) is 0 Å². The van der Waals surface area contributed by atoms with Gasteiger partial charge in [-0.25, -0.2) is 8.78 Å². The van der Waals surface area contributed by atoms with Crippen molar-refractivity contribution in [2.75, 3.05) is 32.8 Å². The highest BCUT2D eigenvalue weighted by molar-refractivity contribution is 4.87. The summed E-state index contributed by atoms with van der Waals surface area (Å²) in [5.41, 5.74) is 0. The van der Waals surface area contributed by atoms with Gasteiger partial charge in [-0.1, -0.05) is 0 Å². The Bertz CT molecular complexity index is 176. The largest absolute Gasteiger partial charge is 0.370 e. The Morgan fingerprint density at radius 2 is 2.15 bits per heavy atom. The van der Waals surface area contributed by atoms with E-state index in [0.717, 1.165) is 19.6 Å². The highest BCUT2D eigenvalue weighted by atomic mass is 19.3. The highest BCUT2D eigenvalue weighted by Gasteiger charge is 2.33. The number of nitrogens with zero attached hydrogens (tertiary/aromatic N) is 1. The summed E-state index contributed by atoms with van der Waals surface area (Å²) in [6.45, 7) is 3.46. The van der Waals surface area contributed by atoms with Gasteiger partial charge >= 0.3 is 0 Å². The first-order valence-corrected chi connectivity index (χ1v) is 4.62. The Balaban J connectivity index is 1.84. The van der Waals surface area contributed by atoms with Gasteiger partial charge in [0.05, 0.1) is 6.61 Å². The van der Waals surface area contributed by atoms with Crippen LogP contribution in [0.15, 0.2) is 0 Å². The predicted molar refractivity (Wildman–Crippen MR) is 44.0 cm³/mol. The van der Waals surface area contributed by atoms with Crippen LogP contribution in [-0.4, -0.2) is 56.3 Å². The molecular weight excluding hydrogens is 178 g/mol. The normalized spacial score (nSPS) is 32.1. The number of alkyl halides is 2. The lowest BCUT2D eigenvalue weighted by Crippen LogP contribution is -2.61. The average molecular weight is 192 g/mol. The van der Waals surface area contributed by atoms with Gasteiger partial charge in [-0.2, -0.15) is 0 Å². The summed E-state index contributed by atoms with van der Waals surface area (Å²) >= 11 is 0. The third-order valence-electron chi connectivity index (χ3n) is 2.68. The van der Waals surface area contributed by atoms with Crippen LogP contribution < -0.4 is 5.32 Å². The van der Waals surface area contributed by atoms with Crippen LogP contribution in [-0.2, 0) is 4.74 Å². The Morgan fingerprint density at radius 3 is 2.69 bits per heavy atom. The molecule has 2 rings (SSSR count). The lowest BCUT2D eigenvalue weighted by Gasteiger charge is -2.42. The topological polar surface area (TPSA) is 24.5 Å². The van der Waals surface area contributed by atoms with Crippen LogP contribution >= 0.6 is 0 Å². The summed E-state index contributed by atoms with van der Waals surface area (Å²) in [4.78, 5) is 2.09. The molecule has 0 radical (unpaired) electrons. The third kappa shape index (κ3) is 1.98. The monoisotopic (exact) mass is 192 g/mol. The SMILES string of the molecule is FC(F)C1CN(C2CNC2)CCO1. The van der Waals surface area contributed by atoms with Crippen molar-refractivity contribution in [2.24, 2.45) is 0 Å². The van der Waals surface area contributed by atoms with Crippen molar-refractivity contribution in [3.63, 3.8) is 0 Å². The van der Waals surface area contributed by atoms with Crippen LogP contribution in [0.4, 0.5) is 8.78 Å². The minimum Gasteiger partial charge on any atom is -0.370 e. The fraction of sp³-hybridized carbons (Fsp3) is 1.00. The number of nitrogens with one attached hydrogen (secondary N) is 1. The summed E-state index contributed by atoms with van der Waals surface area (Å²) in [5, 5.41) is 3.13. The molecule has 2 aliphatic heterocycles. The molecule has 2 heterocycles. The van der Waals surface area contributed by atoms with Gasteiger partial charge in [0.2, 0.25) is 0 Å². The highest BCUT2D eigenvalue weighted by Crippen LogP contribution is 2.16. The number of halogens is 2. The zero-order chi connectivity index (χ0) is 9.26. The molecule has 2 saturated heterocycles. The lowest BCUT2D eigenvalue weighted by atomic mass is 10.1. The van der Waals surface area contributed by atoms with Crippen LogP contribution in [0.1, 0.15) is 0 Å². The molecule has 0 spiro atoms. The third-order valence-corrected chi connectivity index (χ3v) is 2.68. The van der Waals surface area contributed by atoms with Crippen molar-refractivity contribution in [3.8, 4) is 0 Å². The van der Waals surface area contributed by atoms with Crippen LogP contribution in [0.5, 0.6) is 0 Å². The Morgan fingerprint density at radius 1 is 1.38 bits per heavy atom. The number of hydrogen-bond donors (Lipinski definition) is 1. The van der Waals surface area contributed by atoms with E-state index in [4.69, 9.17) is 4.74 Å². The molecule has 13 heavy (non-hydrogen) atoms. The average Bonchev–Trinajstić information content (AvgIpc) is 2.01. The molecular formula is C8H14F2N2O. The first kappa shape index (κ1) is 9.30. The van der Waals surface area contributed by atoms with Gasteiger partial charge in [-0.05, 0) is 0 Å². The molecule has 0 amide bonds. The minimum absolute atomic E-state index is 0.379. The number of hydrogen-bond acceptors (Lipinski definition) is 3. The molecule has 3 nitrogen and oxygen atoms in total. The van der Waals surface area contributed by atoms with Crippen LogP contribution in [0.25, 0.3) is 0 Å². The van der Waals surface area contributed by atoms with Crippen LogP contribution in [0.3, 0.4) is 0 Å². The van der Waals surface area contributed by atoms with Gasteiger partial charge in [-0.3, -0.25) is 4.90 Å². The van der Waals surface area contributed by atoms with Crippen molar-refractivity contribution in [3.05, 3.63) is 0 Å². The predicted octanol–water partition coefficient (Wildman–Crippen LogP) is -0.0759. The van der Waals surface area contributed by atoms with Crippen molar-refractivity contribution in [1.29, 1.82) is 0 Å². The lowest BCUT2D eigenvalue weighted by molar-refractivity contribution is -0.113. The molecule has 2 fully saturated rings. The van der Waals surface area contributed by atoms with E-state index in [1.165, 1.54) is 0 Å². The van der Waals surface area contributed by atoms with Crippen LogP contribution in [0, 0.1) is 0 Å². The van der Waals surface area contributed by atoms with E-state index in [2.05, 4.69) is 10.2 Å². The summed E-state index contributed by atoms with van der Waals surface area (Å²) < 4.78 is 29.6. The second-order valence-corrected chi connectivity index (χ2v) is 3.55. The fourth-order valence-corrected chi connectivity index (χ4v) is 1.71. The molecule has 0 aromatic heterocycles. The van der Waals surface area contributed by atoms with Gasteiger partial charge in [-0.15, -0.1) is 0 Å². The van der Waals surface area contributed by atoms with E-state index in [0.29, 0.717) is 19.2 Å². The first-order chi connectivity index (χ1) is 6.27. The summed E-state index contributed by atoms with van der Waals surface area (Å²) in [6.07, 6.45) is -3.23. The van der Waals surface area contributed by atoms with E-state index >= 15 is 0 Å². The molecule has 0 saturated carbocycles. The maximum atomic E-state index is 12.3. The quantitative estimate of drug-likeness (QED) is 0.662. The molecule has 2 aliphatic rings. The zero-order valence-corrected chi connectivity index (χ0v) is 7.38. The standard InChI is InChI=1S/C8H14F2N2O/c9-8(10)7-5-12(1-2-13-7)6-3-11-4-6/h6-8,11H,1-5H2. The second-order valence-electron chi connectivity index (χ2n) is 3.55. The van der Waals surface area contributed by atoms with Crippen LogP contribution in [0.2, 0.25) is 0 Å². The molecule has 0 aliphatic carbocycles. The van der Waals surface area contributed by atoms with Gasteiger partial charge in [0.25, 0.3) is 6.43 Å². The molecule has 0 aromatic carbocycles. The van der Waals surface area contributed by atoms with Gasteiger partial charge in [0, 0.05) is 32.2 Å². The molecule has 0 bridgehead atoms. The number of rotatable bonds is 2. The number of ether oxygens (including phenoxy) is 1. The van der Waals surface area contributed by atoms with Crippen molar-refractivity contribution in [1.82, 2.24) is 10.2 Å². The van der Waals surface area contributed by atoms with Gasteiger partial charge in [0.15, 0.2) is 0 Å². The first-order valence-electron chi connectivity index (χ1n) is 4.62. The molecule has 1 atom stereocenters. The van der Waals surface area contributed by atoms with Crippen molar-refractivity contribution in [2.45, 2.75) is 18.6 Å². The summed E-state index contributed by atoms with van der Waals surface area (Å²) in [6, 6.07) is 0.449. The Hall–Kier alpha value is -0.260. The van der Waals surface area contributed by atoms with E-state index < -0.39 is 12.5 Å². The van der Waals surface area contributed by atoms with E-state index in [1.54, 1.807) is 0 Å². The van der Waals surface area contributed by atoms with Gasteiger partial charge < -0.3 is 10.1 Å². The Kier molecular flexibility index (Phi) is 2.76. The Labute approximate surface area is 76.0 Å². The van der Waals surface area contributed by atoms with Crippen molar-refractivity contribution < 1.29 is 13.5 Å². The second kappa shape index (κ2) is 3.86. The molecule has 1 N–H and O–H groups in total. The van der Waals surface area contributed by atoms with Gasteiger partial charge in [0.1, 0.15) is 6.10 Å². The fourth-order valence-electron chi connectivity index (χ4n) is 1.71. The smallest absolute Gasteiger partial charge is 0.265 e. The summed E-state index contributed by atoms with van der Waals surface area (Å²) in [5.74, 6) is 0. The minimum atomic E-state index is -2.35. The maximum Gasteiger partial charge on any atom is 0.265 e. The number of morpholine rings is 1. The van der Waals surface area contributed by atoms with E-state index in [9.17, 15) is 8.78 Å².